The highest BCUT2D eigenvalue weighted by Gasteiger charge is 2.40. The minimum atomic E-state index is -0.392. The smallest absolute Gasteiger partial charge is 0.109 e. The first kappa shape index (κ1) is 25.7. The van der Waals surface area contributed by atoms with Crippen molar-refractivity contribution in [2.75, 3.05) is 25.0 Å². The molecule has 30 heavy (non-hydrogen) atoms. The quantitative estimate of drug-likeness (QED) is 0.174. The van der Waals surface area contributed by atoms with Gasteiger partial charge in [-0.3, -0.25) is 0 Å². The molecule has 2 unspecified atom stereocenters. The van der Waals surface area contributed by atoms with Gasteiger partial charge in [-0.2, -0.15) is 0 Å². The molecule has 170 valence electrons. The van der Waals surface area contributed by atoms with Crippen LogP contribution in [0.5, 0.6) is 0 Å². The molecule has 0 saturated carbocycles. The van der Waals surface area contributed by atoms with Crippen LogP contribution in [0, 0.1) is 0 Å². The molecule has 2 aliphatic carbocycles. The summed E-state index contributed by atoms with van der Waals surface area (Å²) in [4.78, 5) is 0. The molecule has 0 saturated heterocycles. The Morgan fingerprint density at radius 1 is 0.600 bits per heavy atom. The van der Waals surface area contributed by atoms with Crippen molar-refractivity contribution in [2.45, 2.75) is 89.3 Å². The summed E-state index contributed by atoms with van der Waals surface area (Å²) in [5.74, 6) is 1.54. The molecule has 0 fully saturated rings. The molecular weight excluding hydrogens is 415 g/mol. The van der Waals surface area contributed by atoms with Gasteiger partial charge in [-0.1, -0.05) is 62.8 Å². The predicted octanol–water partition coefficient (Wildman–Crippen LogP) is 7.91. The van der Waals surface area contributed by atoms with Crippen LogP contribution in [-0.4, -0.2) is 36.2 Å². The van der Waals surface area contributed by atoms with Crippen LogP contribution in [-0.2, 0) is 9.47 Å². The zero-order valence-corrected chi connectivity index (χ0v) is 20.4. The third kappa shape index (κ3) is 7.86. The molecule has 2 rings (SSSR count). The van der Waals surface area contributed by atoms with E-state index in [9.17, 15) is 0 Å². The second kappa shape index (κ2) is 13.8. The van der Waals surface area contributed by atoms with Gasteiger partial charge in [0.2, 0.25) is 0 Å². The van der Waals surface area contributed by atoms with E-state index in [1.165, 1.54) is 49.7 Å². The number of alkyl halides is 2. The Balaban J connectivity index is 1.83. The van der Waals surface area contributed by atoms with Gasteiger partial charge in [0.05, 0.1) is 0 Å². The fourth-order valence-corrected chi connectivity index (χ4v) is 4.53. The number of fused-ring (bicyclic) bond motifs is 1. The van der Waals surface area contributed by atoms with Gasteiger partial charge < -0.3 is 9.47 Å². The minimum absolute atomic E-state index is 0.392. The Morgan fingerprint density at radius 3 is 1.37 bits per heavy atom. The van der Waals surface area contributed by atoms with Crippen LogP contribution in [0.15, 0.2) is 47.6 Å². The molecule has 0 aromatic rings. The lowest BCUT2D eigenvalue weighted by molar-refractivity contribution is 0.00941. The minimum Gasteiger partial charge on any atom is -0.366 e. The van der Waals surface area contributed by atoms with E-state index in [1.54, 1.807) is 0 Å². The van der Waals surface area contributed by atoms with E-state index < -0.39 is 11.2 Å². The van der Waals surface area contributed by atoms with Gasteiger partial charge in [-0.15, -0.1) is 23.2 Å². The number of hydrogen-bond donors (Lipinski definition) is 0. The summed E-state index contributed by atoms with van der Waals surface area (Å²) in [5.41, 5.74) is 1.66. The summed E-state index contributed by atoms with van der Waals surface area (Å²) in [6, 6.07) is 0. The van der Waals surface area contributed by atoms with Crippen molar-refractivity contribution < 1.29 is 9.47 Å². The lowest BCUT2D eigenvalue weighted by atomic mass is 9.75. The Morgan fingerprint density at radius 2 is 0.967 bits per heavy atom. The van der Waals surface area contributed by atoms with Gasteiger partial charge >= 0.3 is 0 Å². The monoisotopic (exact) mass is 454 g/mol. The Labute approximate surface area is 194 Å². The summed E-state index contributed by atoms with van der Waals surface area (Å²) in [6.45, 7) is 5.89. The lowest BCUT2D eigenvalue weighted by Crippen LogP contribution is -2.41. The predicted molar refractivity (Wildman–Crippen MR) is 131 cm³/mol. The van der Waals surface area contributed by atoms with Crippen molar-refractivity contribution in [3.8, 4) is 0 Å². The van der Waals surface area contributed by atoms with Crippen molar-refractivity contribution in [1.82, 2.24) is 0 Å². The van der Waals surface area contributed by atoms with Crippen LogP contribution in [0.3, 0.4) is 0 Å². The molecule has 0 aliphatic heterocycles. The van der Waals surface area contributed by atoms with Crippen molar-refractivity contribution in [2.24, 2.45) is 0 Å². The zero-order valence-electron chi connectivity index (χ0n) is 18.9. The van der Waals surface area contributed by atoms with Crippen molar-refractivity contribution in [3.05, 3.63) is 47.6 Å². The number of unbranched alkanes of at least 4 members (excludes halogenated alkanes) is 8. The first-order valence-corrected chi connectivity index (χ1v) is 12.8. The number of halogens is 2. The van der Waals surface area contributed by atoms with Crippen LogP contribution in [0.2, 0.25) is 0 Å². The normalized spacial score (nSPS) is 25.2. The molecule has 0 amide bonds. The molecule has 2 nitrogen and oxygen atoms in total. The van der Waals surface area contributed by atoms with Gasteiger partial charge in [0, 0.05) is 25.0 Å². The number of ether oxygens (including phenoxy) is 2. The second-order valence-corrected chi connectivity index (χ2v) is 9.46. The van der Waals surface area contributed by atoms with E-state index in [4.69, 9.17) is 32.7 Å². The summed E-state index contributed by atoms with van der Waals surface area (Å²) in [7, 11) is 0. The van der Waals surface area contributed by atoms with Gasteiger partial charge in [0.25, 0.3) is 0 Å². The maximum Gasteiger partial charge on any atom is 0.109 e. The SMILES string of the molecule is CC1(OCCCCCCCCl)C=CC=C2C1=CC=CC2(C)OCCCCCCCCl. The lowest BCUT2D eigenvalue weighted by Gasteiger charge is -2.41. The van der Waals surface area contributed by atoms with Crippen LogP contribution >= 0.6 is 23.2 Å². The highest BCUT2D eigenvalue weighted by Crippen LogP contribution is 2.42. The first-order valence-electron chi connectivity index (χ1n) is 11.8. The van der Waals surface area contributed by atoms with Gasteiger partial charge in [-0.25, -0.2) is 0 Å². The van der Waals surface area contributed by atoms with Crippen molar-refractivity contribution >= 4 is 23.2 Å². The van der Waals surface area contributed by atoms with Gasteiger partial charge in [0.15, 0.2) is 0 Å². The third-order valence-corrected chi connectivity index (χ3v) is 6.61. The van der Waals surface area contributed by atoms with E-state index in [2.05, 4.69) is 50.3 Å². The Kier molecular flexibility index (Phi) is 11.8. The van der Waals surface area contributed by atoms with Gasteiger partial charge in [-0.05, 0) is 62.8 Å². The summed E-state index contributed by atoms with van der Waals surface area (Å²) >= 11 is 11.5. The van der Waals surface area contributed by atoms with Gasteiger partial charge in [0.1, 0.15) is 11.2 Å². The molecule has 0 bridgehead atoms. The fourth-order valence-electron chi connectivity index (χ4n) is 4.15. The molecule has 2 aliphatic rings. The first-order chi connectivity index (χ1) is 14.6. The topological polar surface area (TPSA) is 18.5 Å². The molecular formula is C26H40Cl2O2. The molecule has 0 N–H and O–H groups in total. The standard InChI is InChI=1S/C26H40Cl2O2/c1-25(29-21-11-7-3-5-9-19-27)17-13-16-24-23(25)15-14-18-26(24,2)30-22-12-8-4-6-10-20-28/h13-18H,3-12,19-22H2,1-2H3. The molecule has 0 heterocycles. The van der Waals surface area contributed by atoms with E-state index >= 15 is 0 Å². The van der Waals surface area contributed by atoms with E-state index in [1.807, 2.05) is 0 Å². The second-order valence-electron chi connectivity index (χ2n) is 8.70. The summed E-state index contributed by atoms with van der Waals surface area (Å²) in [5, 5.41) is 0. The highest BCUT2D eigenvalue weighted by molar-refractivity contribution is 6.18. The Hall–Kier alpha value is -0.540. The van der Waals surface area contributed by atoms with E-state index in [0.29, 0.717) is 0 Å². The Bertz CT molecular complexity index is 569. The summed E-state index contributed by atoms with van der Waals surface area (Å²) < 4.78 is 12.8. The van der Waals surface area contributed by atoms with Crippen LogP contribution in [0.25, 0.3) is 0 Å². The van der Waals surface area contributed by atoms with Crippen LogP contribution < -0.4 is 0 Å². The molecule has 0 aromatic heterocycles. The number of hydrogen-bond acceptors (Lipinski definition) is 2. The highest BCUT2D eigenvalue weighted by atomic mass is 35.5. The van der Waals surface area contributed by atoms with E-state index in [-0.39, 0.29) is 0 Å². The zero-order chi connectivity index (χ0) is 21.7. The number of rotatable bonds is 16. The average molecular weight is 456 g/mol. The van der Waals surface area contributed by atoms with Crippen LogP contribution in [0.4, 0.5) is 0 Å². The number of allylic oxidation sites excluding steroid dienone is 4. The maximum absolute atomic E-state index is 6.40. The largest absolute Gasteiger partial charge is 0.366 e. The fraction of sp³-hybridized carbons (Fsp3) is 0.692. The average Bonchev–Trinajstić information content (AvgIpc) is 2.73. The molecule has 0 spiro atoms. The van der Waals surface area contributed by atoms with E-state index in [0.717, 1.165) is 50.7 Å². The third-order valence-electron chi connectivity index (χ3n) is 6.07. The molecule has 2 atom stereocenters. The van der Waals surface area contributed by atoms with Crippen molar-refractivity contribution in [1.29, 1.82) is 0 Å². The summed E-state index contributed by atoms with van der Waals surface area (Å²) in [6.07, 6.45) is 24.7. The maximum atomic E-state index is 6.40. The molecule has 4 heteroatoms. The van der Waals surface area contributed by atoms with Crippen molar-refractivity contribution in [3.63, 3.8) is 0 Å². The molecule has 0 radical (unpaired) electrons. The molecule has 0 aromatic carbocycles. The van der Waals surface area contributed by atoms with Crippen LogP contribution in [0.1, 0.15) is 78.1 Å².